The van der Waals surface area contributed by atoms with E-state index in [0.717, 1.165) is 25.5 Å². The number of anilines is 2. The van der Waals surface area contributed by atoms with Gasteiger partial charge in [-0.2, -0.15) is 28.4 Å². The summed E-state index contributed by atoms with van der Waals surface area (Å²) in [7, 11) is 2.03. The van der Waals surface area contributed by atoms with Crippen molar-refractivity contribution in [3.63, 3.8) is 0 Å². The van der Waals surface area contributed by atoms with Gasteiger partial charge in [-0.1, -0.05) is 6.58 Å². The highest BCUT2D eigenvalue weighted by atomic mass is 19.4. The van der Waals surface area contributed by atoms with Crippen molar-refractivity contribution in [2.24, 2.45) is 0 Å². The number of hydrogen-bond acceptors (Lipinski definition) is 8. The minimum absolute atomic E-state index is 0.0258. The second-order valence-corrected chi connectivity index (χ2v) is 10.8. The Morgan fingerprint density at radius 3 is 2.64 bits per heavy atom. The van der Waals surface area contributed by atoms with E-state index in [9.17, 15) is 23.2 Å². The number of amides is 1. The molecule has 1 aromatic heterocycles. The molecule has 3 aromatic rings. The molecule has 2 N–H and O–H groups in total. The summed E-state index contributed by atoms with van der Waals surface area (Å²) in [5, 5.41) is 10.6. The van der Waals surface area contributed by atoms with Crippen molar-refractivity contribution in [3.8, 4) is 23.2 Å². The van der Waals surface area contributed by atoms with Crippen LogP contribution in [0.1, 0.15) is 30.9 Å². The molecule has 3 heterocycles. The SMILES string of the molecule is C=CC(=O)N1CCN(c2nc(OC[C@@H]3CCCN3C)nc3cc(-c4cc(N)ccc4C(F)(F)F)c(C#N)cc23)[C@@H](C)C1. The Balaban J connectivity index is 1.65. The Kier molecular flexibility index (Phi) is 7.97. The van der Waals surface area contributed by atoms with Gasteiger partial charge in [0.05, 0.1) is 22.7 Å². The molecule has 0 spiro atoms. The molecule has 0 radical (unpaired) electrons. The number of likely N-dealkylation sites (tertiary alicyclic amines) is 1. The minimum atomic E-state index is -4.67. The number of carbonyl (C=O) groups excluding carboxylic acids is 1. The predicted octanol–water partition coefficient (Wildman–Crippen LogP) is 4.47. The van der Waals surface area contributed by atoms with Crippen molar-refractivity contribution in [2.45, 2.75) is 38.0 Å². The number of hydrogen-bond donors (Lipinski definition) is 1. The third kappa shape index (κ3) is 5.69. The number of carbonyl (C=O) groups is 1. The maximum Gasteiger partial charge on any atom is 0.417 e. The number of piperazine rings is 1. The van der Waals surface area contributed by atoms with Gasteiger partial charge in [-0.05, 0) is 75.3 Å². The average Bonchev–Trinajstić information content (AvgIpc) is 3.38. The van der Waals surface area contributed by atoms with E-state index in [1.54, 1.807) is 4.90 Å². The molecule has 1 amide bonds. The highest BCUT2D eigenvalue weighted by Crippen LogP contribution is 2.41. The van der Waals surface area contributed by atoms with Crippen LogP contribution in [0, 0.1) is 11.3 Å². The lowest BCUT2D eigenvalue weighted by Gasteiger charge is -2.40. The zero-order valence-corrected chi connectivity index (χ0v) is 23.5. The van der Waals surface area contributed by atoms with Crippen molar-refractivity contribution in [2.75, 3.05) is 50.5 Å². The zero-order chi connectivity index (χ0) is 30.2. The fourth-order valence-corrected chi connectivity index (χ4v) is 5.73. The van der Waals surface area contributed by atoms with Gasteiger partial charge >= 0.3 is 12.2 Å². The van der Waals surface area contributed by atoms with Crippen LogP contribution in [0.5, 0.6) is 6.01 Å². The molecule has 2 aliphatic heterocycles. The summed E-state index contributed by atoms with van der Waals surface area (Å²) < 4.78 is 48.1. The van der Waals surface area contributed by atoms with E-state index in [0.29, 0.717) is 43.0 Å². The van der Waals surface area contributed by atoms with E-state index in [-0.39, 0.29) is 46.4 Å². The van der Waals surface area contributed by atoms with Crippen LogP contribution in [0.3, 0.4) is 0 Å². The van der Waals surface area contributed by atoms with Crippen molar-refractivity contribution >= 4 is 28.3 Å². The Morgan fingerprint density at radius 1 is 1.21 bits per heavy atom. The predicted molar refractivity (Wildman–Crippen MR) is 154 cm³/mol. The first-order chi connectivity index (χ1) is 20.0. The number of likely N-dealkylation sites (N-methyl/N-ethyl adjacent to an activating group) is 1. The quantitative estimate of drug-likeness (QED) is 0.337. The van der Waals surface area contributed by atoms with Crippen molar-refractivity contribution in [1.29, 1.82) is 5.26 Å². The number of aromatic nitrogens is 2. The monoisotopic (exact) mass is 579 g/mol. The van der Waals surface area contributed by atoms with Gasteiger partial charge in [0.25, 0.3) is 0 Å². The van der Waals surface area contributed by atoms with Crippen molar-refractivity contribution in [1.82, 2.24) is 19.8 Å². The smallest absolute Gasteiger partial charge is 0.417 e. The fraction of sp³-hybridized carbons (Fsp3) is 0.400. The van der Waals surface area contributed by atoms with Crippen LogP contribution in [0.2, 0.25) is 0 Å². The standard InChI is InChI=1S/C30H32F3N7O2/c1-4-27(41)39-10-11-40(18(2)16-39)28-24-12-19(15-34)22(23-13-20(35)7-8-25(23)30(31,32)33)14-26(24)36-29(37-28)42-17-21-6-5-9-38(21)3/h4,7-8,12-14,18,21H,1,5-6,9-11,16-17,35H2,2-3H3/t18-,21-/m0/s1. The fourth-order valence-electron chi connectivity index (χ4n) is 5.73. The number of nitriles is 1. The van der Waals surface area contributed by atoms with Crippen LogP contribution in [-0.4, -0.2) is 77.6 Å². The summed E-state index contributed by atoms with van der Waals surface area (Å²) in [6, 6.07) is 8.49. The lowest BCUT2D eigenvalue weighted by atomic mass is 9.93. The first-order valence-corrected chi connectivity index (χ1v) is 13.7. The maximum absolute atomic E-state index is 14.0. The zero-order valence-electron chi connectivity index (χ0n) is 23.5. The number of ether oxygens (including phenoxy) is 1. The Labute approximate surface area is 242 Å². The summed E-state index contributed by atoms with van der Waals surface area (Å²) in [4.78, 5) is 27.5. The summed E-state index contributed by atoms with van der Waals surface area (Å²) >= 11 is 0. The molecule has 2 saturated heterocycles. The minimum Gasteiger partial charge on any atom is -0.462 e. The van der Waals surface area contributed by atoms with E-state index in [2.05, 4.69) is 22.5 Å². The van der Waals surface area contributed by atoms with E-state index in [1.807, 2.05) is 18.9 Å². The third-order valence-corrected chi connectivity index (χ3v) is 8.02. The van der Waals surface area contributed by atoms with Crippen LogP contribution in [-0.2, 0) is 11.0 Å². The van der Waals surface area contributed by atoms with Crippen molar-refractivity contribution in [3.05, 3.63) is 54.1 Å². The molecular weight excluding hydrogens is 547 g/mol. The molecule has 12 heteroatoms. The molecule has 220 valence electrons. The Morgan fingerprint density at radius 2 is 2.00 bits per heavy atom. The van der Waals surface area contributed by atoms with E-state index >= 15 is 0 Å². The van der Waals surface area contributed by atoms with E-state index < -0.39 is 11.7 Å². The van der Waals surface area contributed by atoms with Crippen LogP contribution in [0.4, 0.5) is 24.7 Å². The van der Waals surface area contributed by atoms with Crippen LogP contribution >= 0.6 is 0 Å². The van der Waals surface area contributed by atoms with Gasteiger partial charge < -0.3 is 25.2 Å². The second-order valence-electron chi connectivity index (χ2n) is 10.8. The molecule has 9 nitrogen and oxygen atoms in total. The normalized spacial score (nSPS) is 19.6. The van der Waals surface area contributed by atoms with Gasteiger partial charge in [-0.15, -0.1) is 0 Å². The second kappa shape index (κ2) is 11.5. The molecule has 2 aliphatic rings. The summed E-state index contributed by atoms with van der Waals surface area (Å²) in [6.07, 6.45) is -1.36. The lowest BCUT2D eigenvalue weighted by molar-refractivity contribution is -0.137. The number of alkyl halides is 3. The molecule has 0 bridgehead atoms. The van der Waals surface area contributed by atoms with Gasteiger partial charge in [0.1, 0.15) is 12.4 Å². The molecule has 2 aromatic carbocycles. The molecule has 0 unspecified atom stereocenters. The van der Waals surface area contributed by atoms with Crippen molar-refractivity contribution < 1.29 is 22.7 Å². The molecule has 5 rings (SSSR count). The third-order valence-electron chi connectivity index (χ3n) is 8.02. The number of halogens is 3. The summed E-state index contributed by atoms with van der Waals surface area (Å²) in [5.41, 5.74) is 5.33. The van der Waals surface area contributed by atoms with Gasteiger partial charge in [0.2, 0.25) is 5.91 Å². The topological polar surface area (TPSA) is 112 Å². The molecule has 0 aliphatic carbocycles. The van der Waals surface area contributed by atoms with Gasteiger partial charge in [-0.3, -0.25) is 4.79 Å². The number of rotatable bonds is 6. The van der Waals surface area contributed by atoms with E-state index in [4.69, 9.17) is 15.5 Å². The van der Waals surface area contributed by atoms with Gasteiger partial charge in [0.15, 0.2) is 0 Å². The van der Waals surface area contributed by atoms with Crippen LogP contribution < -0.4 is 15.4 Å². The van der Waals surface area contributed by atoms with Crippen LogP contribution in [0.15, 0.2) is 43.0 Å². The first-order valence-electron chi connectivity index (χ1n) is 13.7. The maximum atomic E-state index is 14.0. The van der Waals surface area contributed by atoms with Gasteiger partial charge in [-0.25, -0.2) is 0 Å². The average molecular weight is 580 g/mol. The number of nitrogens with zero attached hydrogens (tertiary/aromatic N) is 6. The highest BCUT2D eigenvalue weighted by molar-refractivity contribution is 5.96. The molecule has 42 heavy (non-hydrogen) atoms. The number of benzene rings is 2. The molecule has 0 saturated carbocycles. The molecule has 2 atom stereocenters. The van der Waals surface area contributed by atoms with Crippen LogP contribution in [0.25, 0.3) is 22.0 Å². The Bertz CT molecular complexity index is 1570. The Hall–Kier alpha value is -4.37. The number of nitrogens with two attached hydrogens (primary N) is 1. The molecular formula is C30H32F3N7O2. The first kappa shape index (κ1) is 29.1. The largest absolute Gasteiger partial charge is 0.462 e. The molecule has 2 fully saturated rings. The summed E-state index contributed by atoms with van der Waals surface area (Å²) in [5.74, 6) is 0.317. The van der Waals surface area contributed by atoms with E-state index in [1.165, 1.54) is 30.3 Å². The summed E-state index contributed by atoms with van der Waals surface area (Å²) in [6.45, 7) is 8.12. The number of nitrogen functional groups attached to an aromatic ring is 1. The van der Waals surface area contributed by atoms with Gasteiger partial charge in [0, 0.05) is 48.4 Å². The lowest BCUT2D eigenvalue weighted by Crippen LogP contribution is -2.53. The number of fused-ring (bicyclic) bond motifs is 1. The highest BCUT2D eigenvalue weighted by Gasteiger charge is 2.35.